The molecular formula is C16H24N2O3. The highest BCUT2D eigenvalue weighted by Crippen LogP contribution is 2.25. The minimum Gasteiger partial charge on any atom is -0.497 e. The van der Waals surface area contributed by atoms with Crippen molar-refractivity contribution in [2.24, 2.45) is 0 Å². The van der Waals surface area contributed by atoms with Gasteiger partial charge in [0, 0.05) is 37.7 Å². The number of nitrogens with zero attached hydrogens (tertiary/aromatic N) is 1. The van der Waals surface area contributed by atoms with Gasteiger partial charge in [-0.3, -0.25) is 4.79 Å². The van der Waals surface area contributed by atoms with Crippen molar-refractivity contribution in [3.8, 4) is 11.5 Å². The van der Waals surface area contributed by atoms with Crippen LogP contribution in [0.25, 0.3) is 0 Å². The van der Waals surface area contributed by atoms with Crippen LogP contribution in [0.5, 0.6) is 11.5 Å². The van der Waals surface area contributed by atoms with E-state index in [1.807, 2.05) is 25.2 Å². The Labute approximate surface area is 126 Å². The predicted molar refractivity (Wildman–Crippen MR) is 81.7 cm³/mol. The van der Waals surface area contributed by atoms with E-state index in [0.717, 1.165) is 36.4 Å². The Morgan fingerprint density at radius 3 is 2.81 bits per heavy atom. The first-order valence-corrected chi connectivity index (χ1v) is 7.32. The van der Waals surface area contributed by atoms with E-state index in [-0.39, 0.29) is 5.91 Å². The number of ether oxygens (including phenoxy) is 2. The molecule has 1 unspecified atom stereocenters. The van der Waals surface area contributed by atoms with Crippen molar-refractivity contribution in [1.82, 2.24) is 10.2 Å². The van der Waals surface area contributed by atoms with Crippen molar-refractivity contribution in [2.45, 2.75) is 31.8 Å². The van der Waals surface area contributed by atoms with Crippen LogP contribution in [0.1, 0.15) is 24.8 Å². The minimum absolute atomic E-state index is 0.160. The molecule has 5 nitrogen and oxygen atoms in total. The van der Waals surface area contributed by atoms with E-state index >= 15 is 0 Å². The molecule has 1 atom stereocenters. The van der Waals surface area contributed by atoms with Gasteiger partial charge in [-0.15, -0.1) is 0 Å². The molecule has 0 radical (unpaired) electrons. The fourth-order valence-electron chi connectivity index (χ4n) is 2.62. The van der Waals surface area contributed by atoms with Crippen molar-refractivity contribution in [3.05, 3.63) is 23.8 Å². The Hall–Kier alpha value is -1.75. The van der Waals surface area contributed by atoms with Gasteiger partial charge in [0.05, 0.1) is 14.2 Å². The molecule has 1 saturated heterocycles. The monoisotopic (exact) mass is 292 g/mol. The summed E-state index contributed by atoms with van der Waals surface area (Å²) < 4.78 is 10.6. The number of carbonyl (C=O) groups excluding carboxylic acids is 1. The van der Waals surface area contributed by atoms with Crippen LogP contribution in [0.2, 0.25) is 0 Å². The summed E-state index contributed by atoms with van der Waals surface area (Å²) in [5.74, 6) is 1.65. The Morgan fingerprint density at radius 2 is 2.19 bits per heavy atom. The minimum atomic E-state index is 0.160. The smallest absolute Gasteiger partial charge is 0.224 e. The number of amides is 1. The van der Waals surface area contributed by atoms with Crippen LogP contribution in [-0.4, -0.2) is 44.7 Å². The van der Waals surface area contributed by atoms with E-state index < -0.39 is 0 Å². The molecule has 0 aliphatic carbocycles. The summed E-state index contributed by atoms with van der Waals surface area (Å²) in [4.78, 5) is 14.0. The van der Waals surface area contributed by atoms with Gasteiger partial charge in [0.15, 0.2) is 0 Å². The van der Waals surface area contributed by atoms with E-state index in [2.05, 4.69) is 5.32 Å². The van der Waals surface area contributed by atoms with Crippen LogP contribution < -0.4 is 14.8 Å². The SMILES string of the molecule is COc1ccc(CN(C)C(=O)CC2CCCN2)c(OC)c1. The third-order valence-corrected chi connectivity index (χ3v) is 3.91. The summed E-state index contributed by atoms with van der Waals surface area (Å²) in [7, 11) is 5.09. The first kappa shape index (κ1) is 15.6. The van der Waals surface area contributed by atoms with Crippen LogP contribution in [-0.2, 0) is 11.3 Å². The van der Waals surface area contributed by atoms with Crippen LogP contribution in [0, 0.1) is 0 Å². The van der Waals surface area contributed by atoms with Gasteiger partial charge in [-0.1, -0.05) is 0 Å². The maximum atomic E-state index is 12.2. The third kappa shape index (κ3) is 4.11. The Bertz CT molecular complexity index is 484. The van der Waals surface area contributed by atoms with Crippen molar-refractivity contribution >= 4 is 5.91 Å². The summed E-state index contributed by atoms with van der Waals surface area (Å²) in [6.45, 7) is 1.56. The van der Waals surface area contributed by atoms with Crippen molar-refractivity contribution < 1.29 is 14.3 Å². The van der Waals surface area contributed by atoms with E-state index in [0.29, 0.717) is 19.0 Å². The largest absolute Gasteiger partial charge is 0.497 e. The summed E-state index contributed by atoms with van der Waals surface area (Å²) in [6.07, 6.45) is 2.81. The number of carbonyl (C=O) groups is 1. The zero-order chi connectivity index (χ0) is 15.2. The molecule has 1 aliphatic heterocycles. The van der Waals surface area contributed by atoms with Crippen LogP contribution in [0.3, 0.4) is 0 Å². The lowest BCUT2D eigenvalue weighted by Gasteiger charge is -2.21. The van der Waals surface area contributed by atoms with Gasteiger partial charge in [-0.25, -0.2) is 0 Å². The van der Waals surface area contributed by atoms with Crippen molar-refractivity contribution in [1.29, 1.82) is 0 Å². The zero-order valence-electron chi connectivity index (χ0n) is 13.0. The van der Waals surface area contributed by atoms with Crippen LogP contribution in [0.15, 0.2) is 18.2 Å². The molecule has 0 aromatic heterocycles. The second-order valence-electron chi connectivity index (χ2n) is 5.42. The lowest BCUT2D eigenvalue weighted by atomic mass is 10.1. The summed E-state index contributed by atoms with van der Waals surface area (Å²) in [5, 5.41) is 3.36. The number of hydrogen-bond donors (Lipinski definition) is 1. The molecule has 1 aliphatic rings. The molecule has 1 heterocycles. The maximum Gasteiger partial charge on any atom is 0.224 e. The number of hydrogen-bond acceptors (Lipinski definition) is 4. The van der Waals surface area contributed by atoms with E-state index in [1.165, 1.54) is 0 Å². The van der Waals surface area contributed by atoms with Gasteiger partial charge in [0.2, 0.25) is 5.91 Å². The summed E-state index contributed by atoms with van der Waals surface area (Å²) >= 11 is 0. The average molecular weight is 292 g/mol. The topological polar surface area (TPSA) is 50.8 Å². The molecule has 5 heteroatoms. The van der Waals surface area contributed by atoms with Gasteiger partial charge < -0.3 is 19.7 Å². The molecule has 0 spiro atoms. The second-order valence-corrected chi connectivity index (χ2v) is 5.42. The first-order valence-electron chi connectivity index (χ1n) is 7.32. The Morgan fingerprint density at radius 1 is 1.38 bits per heavy atom. The third-order valence-electron chi connectivity index (χ3n) is 3.91. The molecule has 1 fully saturated rings. The lowest BCUT2D eigenvalue weighted by molar-refractivity contribution is -0.130. The first-order chi connectivity index (χ1) is 10.1. The fourth-order valence-corrected chi connectivity index (χ4v) is 2.62. The molecule has 0 bridgehead atoms. The highest BCUT2D eigenvalue weighted by Gasteiger charge is 2.20. The Kier molecular flexibility index (Phi) is 5.44. The molecule has 1 aromatic carbocycles. The van der Waals surface area contributed by atoms with E-state index in [9.17, 15) is 4.79 Å². The number of nitrogens with one attached hydrogen (secondary N) is 1. The second kappa shape index (κ2) is 7.31. The van der Waals surface area contributed by atoms with Crippen molar-refractivity contribution in [2.75, 3.05) is 27.8 Å². The highest BCUT2D eigenvalue weighted by atomic mass is 16.5. The summed E-state index contributed by atoms with van der Waals surface area (Å²) in [5.41, 5.74) is 0.980. The molecule has 21 heavy (non-hydrogen) atoms. The Balaban J connectivity index is 1.97. The molecule has 2 rings (SSSR count). The number of rotatable bonds is 6. The average Bonchev–Trinajstić information content (AvgIpc) is 3.00. The number of benzene rings is 1. The number of methoxy groups -OCH3 is 2. The van der Waals surface area contributed by atoms with Gasteiger partial charge >= 0.3 is 0 Å². The summed E-state index contributed by atoms with van der Waals surface area (Å²) in [6, 6.07) is 5.99. The van der Waals surface area contributed by atoms with Gasteiger partial charge in [0.25, 0.3) is 0 Å². The van der Waals surface area contributed by atoms with Crippen LogP contribution in [0.4, 0.5) is 0 Å². The highest BCUT2D eigenvalue weighted by molar-refractivity contribution is 5.76. The lowest BCUT2D eigenvalue weighted by Crippen LogP contribution is -2.33. The standard InChI is InChI=1S/C16H24N2O3/c1-18(16(19)9-13-5-4-8-17-13)11-12-6-7-14(20-2)10-15(12)21-3/h6-7,10,13,17H,4-5,8-9,11H2,1-3H3. The molecule has 116 valence electrons. The van der Waals surface area contributed by atoms with Gasteiger partial charge in [0.1, 0.15) is 11.5 Å². The zero-order valence-corrected chi connectivity index (χ0v) is 13.0. The van der Waals surface area contributed by atoms with Crippen molar-refractivity contribution in [3.63, 3.8) is 0 Å². The predicted octanol–water partition coefficient (Wildman–Crippen LogP) is 1.80. The normalized spacial score (nSPS) is 17.6. The van der Waals surface area contributed by atoms with Gasteiger partial charge in [-0.2, -0.15) is 0 Å². The maximum absolute atomic E-state index is 12.2. The van der Waals surface area contributed by atoms with E-state index in [4.69, 9.17) is 9.47 Å². The molecule has 1 N–H and O–H groups in total. The molecule has 0 saturated carbocycles. The van der Waals surface area contributed by atoms with E-state index in [1.54, 1.807) is 19.1 Å². The molecule has 1 aromatic rings. The fraction of sp³-hybridized carbons (Fsp3) is 0.562. The molecular weight excluding hydrogens is 268 g/mol. The van der Waals surface area contributed by atoms with Gasteiger partial charge in [-0.05, 0) is 31.5 Å². The van der Waals surface area contributed by atoms with Crippen LogP contribution >= 0.6 is 0 Å². The quantitative estimate of drug-likeness (QED) is 0.869. The molecule has 1 amide bonds.